The minimum Gasteiger partial charge on any atom is -0.331 e. The fourth-order valence-corrected chi connectivity index (χ4v) is 2.14. The van der Waals surface area contributed by atoms with Crippen LogP contribution in [0, 0.1) is 11.6 Å². The summed E-state index contributed by atoms with van der Waals surface area (Å²) in [7, 11) is 0. The molecule has 1 aromatic heterocycles. The van der Waals surface area contributed by atoms with Gasteiger partial charge in [0.2, 0.25) is 0 Å². The van der Waals surface area contributed by atoms with Crippen molar-refractivity contribution < 1.29 is 8.78 Å². The predicted octanol–water partition coefficient (Wildman–Crippen LogP) is 3.07. The van der Waals surface area contributed by atoms with E-state index in [1.165, 1.54) is 12.1 Å². The van der Waals surface area contributed by atoms with Crippen LogP contribution in [0.4, 0.5) is 8.78 Å². The lowest BCUT2D eigenvalue weighted by Gasteiger charge is -2.12. The van der Waals surface area contributed by atoms with E-state index in [2.05, 4.69) is 28.7 Å². The van der Waals surface area contributed by atoms with Crippen LogP contribution in [-0.2, 0) is 13.0 Å². The Kier molecular flexibility index (Phi) is 4.84. The molecule has 0 unspecified atom stereocenters. The summed E-state index contributed by atoms with van der Waals surface area (Å²) in [5, 5.41) is 3.26. The fourth-order valence-electron chi connectivity index (χ4n) is 2.14. The van der Waals surface area contributed by atoms with Crippen LogP contribution in [0.1, 0.15) is 31.1 Å². The molecular formula is C15H19F2N3. The summed E-state index contributed by atoms with van der Waals surface area (Å²) >= 11 is 0. The van der Waals surface area contributed by atoms with Crippen molar-refractivity contribution in [3.05, 3.63) is 53.6 Å². The second kappa shape index (κ2) is 6.61. The Bertz CT molecular complexity index is 544. The molecule has 0 atom stereocenters. The zero-order valence-corrected chi connectivity index (χ0v) is 11.7. The SMILES string of the molecule is CC(C)n1cncc1CNCCc1cc(F)cc(F)c1. The molecule has 108 valence electrons. The summed E-state index contributed by atoms with van der Waals surface area (Å²) in [4.78, 5) is 4.13. The first-order valence-corrected chi connectivity index (χ1v) is 6.72. The maximum atomic E-state index is 13.0. The van der Waals surface area contributed by atoms with E-state index in [0.717, 1.165) is 11.8 Å². The van der Waals surface area contributed by atoms with Gasteiger partial charge in [0.1, 0.15) is 11.6 Å². The zero-order valence-electron chi connectivity index (χ0n) is 11.7. The number of benzene rings is 1. The first-order chi connectivity index (χ1) is 9.56. The van der Waals surface area contributed by atoms with Crippen LogP contribution in [0.25, 0.3) is 0 Å². The molecular weight excluding hydrogens is 260 g/mol. The molecule has 3 nitrogen and oxygen atoms in total. The van der Waals surface area contributed by atoms with Gasteiger partial charge in [-0.15, -0.1) is 0 Å². The van der Waals surface area contributed by atoms with Crippen molar-refractivity contribution in [3.63, 3.8) is 0 Å². The molecule has 1 aromatic carbocycles. The highest BCUT2D eigenvalue weighted by Crippen LogP contribution is 2.10. The standard InChI is InChI=1S/C15H19F2N3/c1-11(2)20-10-19-9-15(20)8-18-4-3-12-5-13(16)7-14(17)6-12/h5-7,9-11,18H,3-4,8H2,1-2H3. The molecule has 2 rings (SSSR count). The Morgan fingerprint density at radius 1 is 1.20 bits per heavy atom. The third kappa shape index (κ3) is 3.87. The van der Waals surface area contributed by atoms with Crippen LogP contribution in [0.5, 0.6) is 0 Å². The van der Waals surface area contributed by atoms with Crippen molar-refractivity contribution in [3.8, 4) is 0 Å². The Morgan fingerprint density at radius 2 is 1.90 bits per heavy atom. The summed E-state index contributed by atoms with van der Waals surface area (Å²) in [5.41, 5.74) is 1.76. The minimum atomic E-state index is -0.530. The second-order valence-corrected chi connectivity index (χ2v) is 5.09. The average molecular weight is 279 g/mol. The first-order valence-electron chi connectivity index (χ1n) is 6.72. The van der Waals surface area contributed by atoms with Crippen LogP contribution in [0.2, 0.25) is 0 Å². The number of hydrogen-bond donors (Lipinski definition) is 1. The molecule has 0 fully saturated rings. The van der Waals surface area contributed by atoms with Crippen LogP contribution in [0.3, 0.4) is 0 Å². The molecule has 0 aliphatic carbocycles. The summed E-state index contributed by atoms with van der Waals surface area (Å²) in [6.07, 6.45) is 4.23. The van der Waals surface area contributed by atoms with Crippen LogP contribution in [0.15, 0.2) is 30.7 Å². The highest BCUT2D eigenvalue weighted by molar-refractivity contribution is 5.18. The molecule has 0 saturated heterocycles. The number of imidazole rings is 1. The average Bonchev–Trinajstić information content (AvgIpc) is 2.82. The van der Waals surface area contributed by atoms with Gasteiger partial charge in [0, 0.05) is 24.8 Å². The van der Waals surface area contributed by atoms with E-state index in [-0.39, 0.29) is 0 Å². The number of nitrogens with one attached hydrogen (secondary N) is 1. The quantitative estimate of drug-likeness (QED) is 0.824. The smallest absolute Gasteiger partial charge is 0.126 e. The van der Waals surface area contributed by atoms with Gasteiger partial charge in [-0.2, -0.15) is 0 Å². The fraction of sp³-hybridized carbons (Fsp3) is 0.400. The van der Waals surface area contributed by atoms with Crippen LogP contribution >= 0.6 is 0 Å². The molecule has 0 saturated carbocycles. The number of nitrogens with zero attached hydrogens (tertiary/aromatic N) is 2. The molecule has 1 N–H and O–H groups in total. The van der Waals surface area contributed by atoms with Gasteiger partial charge in [0.25, 0.3) is 0 Å². The summed E-state index contributed by atoms with van der Waals surface area (Å²) in [6.45, 7) is 5.55. The zero-order chi connectivity index (χ0) is 14.5. The molecule has 0 amide bonds. The Hall–Kier alpha value is -1.75. The highest BCUT2D eigenvalue weighted by Gasteiger charge is 2.05. The monoisotopic (exact) mass is 279 g/mol. The van der Waals surface area contributed by atoms with Crippen LogP contribution in [-0.4, -0.2) is 16.1 Å². The molecule has 1 heterocycles. The van der Waals surface area contributed by atoms with Gasteiger partial charge >= 0.3 is 0 Å². The van der Waals surface area contributed by atoms with Gasteiger partial charge in [0.05, 0.1) is 12.0 Å². The van der Waals surface area contributed by atoms with Gasteiger partial charge in [-0.1, -0.05) is 0 Å². The lowest BCUT2D eigenvalue weighted by Crippen LogP contribution is -2.19. The van der Waals surface area contributed by atoms with Crippen molar-refractivity contribution >= 4 is 0 Å². The van der Waals surface area contributed by atoms with Crippen molar-refractivity contribution in [2.45, 2.75) is 32.9 Å². The van der Waals surface area contributed by atoms with Gasteiger partial charge in [-0.25, -0.2) is 13.8 Å². The molecule has 0 aliphatic rings. The first kappa shape index (κ1) is 14.7. The van der Waals surface area contributed by atoms with E-state index in [9.17, 15) is 8.78 Å². The summed E-state index contributed by atoms with van der Waals surface area (Å²) in [5.74, 6) is -1.06. The van der Waals surface area contributed by atoms with E-state index in [4.69, 9.17) is 0 Å². The van der Waals surface area contributed by atoms with Gasteiger partial charge in [0.15, 0.2) is 0 Å². The van der Waals surface area contributed by atoms with E-state index in [1.54, 1.807) is 0 Å². The molecule has 2 aromatic rings. The third-order valence-electron chi connectivity index (χ3n) is 3.12. The molecule has 0 aliphatic heterocycles. The second-order valence-electron chi connectivity index (χ2n) is 5.09. The van der Waals surface area contributed by atoms with E-state index in [1.807, 2.05) is 12.5 Å². The number of rotatable bonds is 6. The Morgan fingerprint density at radius 3 is 2.55 bits per heavy atom. The number of halogens is 2. The maximum absolute atomic E-state index is 13.0. The normalized spacial score (nSPS) is 11.2. The highest BCUT2D eigenvalue weighted by atomic mass is 19.1. The van der Waals surface area contributed by atoms with E-state index < -0.39 is 11.6 Å². The Balaban J connectivity index is 1.83. The van der Waals surface area contributed by atoms with Crippen molar-refractivity contribution in [1.82, 2.24) is 14.9 Å². The van der Waals surface area contributed by atoms with Gasteiger partial charge in [-0.3, -0.25) is 0 Å². The molecule has 0 spiro atoms. The van der Waals surface area contributed by atoms with E-state index in [0.29, 0.717) is 31.1 Å². The Labute approximate surface area is 117 Å². The molecule has 0 bridgehead atoms. The maximum Gasteiger partial charge on any atom is 0.126 e. The summed E-state index contributed by atoms with van der Waals surface area (Å²) in [6, 6.07) is 3.98. The van der Waals surface area contributed by atoms with Crippen molar-refractivity contribution in [1.29, 1.82) is 0 Å². The molecule has 20 heavy (non-hydrogen) atoms. The third-order valence-corrected chi connectivity index (χ3v) is 3.12. The number of hydrogen-bond acceptors (Lipinski definition) is 2. The molecule has 5 heteroatoms. The largest absolute Gasteiger partial charge is 0.331 e. The van der Waals surface area contributed by atoms with Crippen LogP contribution < -0.4 is 5.32 Å². The minimum absolute atomic E-state index is 0.367. The van der Waals surface area contributed by atoms with Gasteiger partial charge in [-0.05, 0) is 44.5 Å². The van der Waals surface area contributed by atoms with Gasteiger partial charge < -0.3 is 9.88 Å². The van der Waals surface area contributed by atoms with Crippen molar-refractivity contribution in [2.24, 2.45) is 0 Å². The van der Waals surface area contributed by atoms with Crippen molar-refractivity contribution in [2.75, 3.05) is 6.54 Å². The number of aromatic nitrogens is 2. The predicted molar refractivity (Wildman–Crippen MR) is 74.4 cm³/mol. The topological polar surface area (TPSA) is 29.9 Å². The van der Waals surface area contributed by atoms with E-state index >= 15 is 0 Å². The lowest BCUT2D eigenvalue weighted by atomic mass is 10.1. The summed E-state index contributed by atoms with van der Waals surface area (Å²) < 4.78 is 28.2. The lowest BCUT2D eigenvalue weighted by molar-refractivity contribution is 0.549. The molecule has 0 radical (unpaired) electrons.